The van der Waals surface area contributed by atoms with E-state index in [0.717, 1.165) is 12.0 Å². The fraction of sp³-hybridized carbons (Fsp3) is 0.500. The Kier molecular flexibility index (Phi) is 8.89. The highest BCUT2D eigenvalue weighted by Gasteiger charge is 2.33. The highest BCUT2D eigenvalue weighted by molar-refractivity contribution is 7.89. The van der Waals surface area contributed by atoms with Crippen molar-refractivity contribution in [2.24, 2.45) is 17.8 Å². The molecule has 1 atom stereocenters. The Labute approximate surface area is 210 Å². The van der Waals surface area contributed by atoms with Crippen molar-refractivity contribution in [2.75, 3.05) is 13.1 Å². The first-order valence-corrected chi connectivity index (χ1v) is 13.9. The van der Waals surface area contributed by atoms with Gasteiger partial charge in [-0.05, 0) is 61.3 Å². The van der Waals surface area contributed by atoms with Crippen molar-refractivity contribution in [2.45, 2.75) is 64.8 Å². The third-order valence-corrected chi connectivity index (χ3v) is 8.58. The van der Waals surface area contributed by atoms with Crippen LogP contribution >= 0.6 is 0 Å². The molecule has 1 unspecified atom stereocenters. The van der Waals surface area contributed by atoms with Crippen molar-refractivity contribution in [3.8, 4) is 0 Å². The van der Waals surface area contributed by atoms with Gasteiger partial charge in [0.2, 0.25) is 15.9 Å². The number of hydrogen-bond donors (Lipinski definition) is 1. The summed E-state index contributed by atoms with van der Waals surface area (Å²) in [5, 5.41) is 3.23. The summed E-state index contributed by atoms with van der Waals surface area (Å²) >= 11 is 0. The van der Waals surface area contributed by atoms with Crippen LogP contribution in [0.1, 0.15) is 75.0 Å². The van der Waals surface area contributed by atoms with Crippen LogP contribution < -0.4 is 5.32 Å². The molecule has 2 aromatic carbocycles. The number of benzene rings is 2. The van der Waals surface area contributed by atoms with Gasteiger partial charge in [-0.15, -0.1) is 0 Å². The Hall–Kier alpha value is -2.51. The summed E-state index contributed by atoms with van der Waals surface area (Å²) in [7, 11) is -3.66. The highest BCUT2D eigenvalue weighted by atomic mass is 32.2. The predicted octanol–water partition coefficient (Wildman–Crippen LogP) is 5.00. The molecule has 0 spiro atoms. The SMILES string of the molecule is CC(=O)c1ccc(S(=O)(=O)N2CCC(C(=O)NC(c3ccc(CC(C)C)cc3)C(C)C)CC2)cc1. The molecule has 0 bridgehead atoms. The quantitative estimate of drug-likeness (QED) is 0.493. The van der Waals surface area contributed by atoms with Crippen LogP contribution in [-0.4, -0.2) is 37.5 Å². The lowest BCUT2D eigenvalue weighted by Gasteiger charge is -2.32. The number of nitrogens with zero attached hydrogens (tertiary/aromatic N) is 1. The summed E-state index contributed by atoms with van der Waals surface area (Å²) in [5.74, 6) is 0.483. The Balaban J connectivity index is 1.61. The lowest BCUT2D eigenvalue weighted by Crippen LogP contribution is -2.44. The van der Waals surface area contributed by atoms with Crippen LogP contribution in [0.3, 0.4) is 0 Å². The Bertz CT molecular complexity index is 1110. The van der Waals surface area contributed by atoms with Crippen molar-refractivity contribution in [1.29, 1.82) is 0 Å². The first-order valence-electron chi connectivity index (χ1n) is 12.5. The van der Waals surface area contributed by atoms with E-state index >= 15 is 0 Å². The summed E-state index contributed by atoms with van der Waals surface area (Å²) in [5.41, 5.74) is 2.87. The normalized spacial score (nSPS) is 16.4. The number of carbonyl (C=O) groups is 2. The lowest BCUT2D eigenvalue weighted by atomic mass is 9.91. The number of nitrogens with one attached hydrogen (secondary N) is 1. The molecular weight excluding hydrogens is 460 g/mol. The molecule has 0 aliphatic carbocycles. The average molecular weight is 499 g/mol. The molecular formula is C28H38N2O4S. The zero-order chi connectivity index (χ0) is 25.8. The van der Waals surface area contributed by atoms with Crippen molar-refractivity contribution in [3.05, 3.63) is 65.2 Å². The van der Waals surface area contributed by atoms with Crippen molar-refractivity contribution in [1.82, 2.24) is 9.62 Å². The molecule has 35 heavy (non-hydrogen) atoms. The molecule has 2 aromatic rings. The summed E-state index contributed by atoms with van der Waals surface area (Å²) in [6.45, 7) is 10.6. The molecule has 0 aromatic heterocycles. The van der Waals surface area contributed by atoms with Gasteiger partial charge in [0.25, 0.3) is 0 Å². The molecule has 1 aliphatic rings. The Morgan fingerprint density at radius 1 is 0.943 bits per heavy atom. The van der Waals surface area contributed by atoms with Gasteiger partial charge in [0.1, 0.15) is 0 Å². The summed E-state index contributed by atoms with van der Waals surface area (Å²) in [6, 6.07) is 14.4. The van der Waals surface area contributed by atoms with E-state index in [1.807, 2.05) is 0 Å². The zero-order valence-corrected chi connectivity index (χ0v) is 22.3. The van der Waals surface area contributed by atoms with Gasteiger partial charge in [0.05, 0.1) is 10.9 Å². The van der Waals surface area contributed by atoms with Gasteiger partial charge in [0.15, 0.2) is 5.78 Å². The van der Waals surface area contributed by atoms with Crippen LogP contribution in [0.25, 0.3) is 0 Å². The van der Waals surface area contributed by atoms with Gasteiger partial charge in [-0.1, -0.05) is 64.1 Å². The molecule has 1 saturated heterocycles. The molecule has 1 heterocycles. The molecule has 7 heteroatoms. The predicted molar refractivity (Wildman–Crippen MR) is 139 cm³/mol. The number of amides is 1. The Morgan fingerprint density at radius 2 is 1.51 bits per heavy atom. The molecule has 6 nitrogen and oxygen atoms in total. The van der Waals surface area contributed by atoms with Crippen LogP contribution in [0, 0.1) is 17.8 Å². The third kappa shape index (κ3) is 6.79. The molecule has 190 valence electrons. The van der Waals surface area contributed by atoms with Gasteiger partial charge >= 0.3 is 0 Å². The van der Waals surface area contributed by atoms with Gasteiger partial charge in [-0.25, -0.2) is 8.42 Å². The maximum atomic E-state index is 13.1. The molecule has 0 radical (unpaired) electrons. The summed E-state index contributed by atoms with van der Waals surface area (Å²) in [6.07, 6.45) is 1.99. The number of sulfonamides is 1. The van der Waals surface area contributed by atoms with Crippen molar-refractivity contribution in [3.63, 3.8) is 0 Å². The first kappa shape index (κ1) is 27.1. The molecule has 1 N–H and O–H groups in total. The van der Waals surface area contributed by atoms with Crippen LogP contribution in [-0.2, 0) is 21.2 Å². The lowest BCUT2D eigenvalue weighted by molar-refractivity contribution is -0.127. The van der Waals surface area contributed by atoms with E-state index in [-0.39, 0.29) is 34.5 Å². The molecule has 0 saturated carbocycles. The van der Waals surface area contributed by atoms with E-state index in [0.29, 0.717) is 37.4 Å². The van der Waals surface area contributed by atoms with Gasteiger partial charge in [-0.2, -0.15) is 4.31 Å². The average Bonchev–Trinajstić information content (AvgIpc) is 2.82. The summed E-state index contributed by atoms with van der Waals surface area (Å²) in [4.78, 5) is 24.8. The largest absolute Gasteiger partial charge is 0.349 e. The smallest absolute Gasteiger partial charge is 0.243 e. The monoisotopic (exact) mass is 498 g/mol. The van der Waals surface area contributed by atoms with E-state index in [2.05, 4.69) is 57.3 Å². The van der Waals surface area contributed by atoms with Crippen molar-refractivity contribution >= 4 is 21.7 Å². The summed E-state index contributed by atoms with van der Waals surface area (Å²) < 4.78 is 27.5. The third-order valence-electron chi connectivity index (χ3n) is 6.67. The Morgan fingerprint density at radius 3 is 2.00 bits per heavy atom. The second kappa shape index (κ2) is 11.5. The second-order valence-electron chi connectivity index (χ2n) is 10.3. The number of hydrogen-bond acceptors (Lipinski definition) is 4. The van der Waals surface area contributed by atoms with Crippen molar-refractivity contribution < 1.29 is 18.0 Å². The molecule has 1 aliphatic heterocycles. The topological polar surface area (TPSA) is 83.6 Å². The second-order valence-corrected chi connectivity index (χ2v) is 12.3. The minimum Gasteiger partial charge on any atom is -0.349 e. The maximum absolute atomic E-state index is 13.1. The number of piperidine rings is 1. The van der Waals surface area contributed by atoms with Gasteiger partial charge in [0, 0.05) is 24.6 Å². The molecule has 1 amide bonds. The van der Waals surface area contributed by atoms with E-state index in [9.17, 15) is 18.0 Å². The highest BCUT2D eigenvalue weighted by Crippen LogP contribution is 2.27. The van der Waals surface area contributed by atoms with Gasteiger partial charge < -0.3 is 5.32 Å². The molecule has 3 rings (SSSR count). The van der Waals surface area contributed by atoms with E-state index in [4.69, 9.17) is 0 Å². The van der Waals surface area contributed by atoms with E-state index in [1.165, 1.54) is 41.1 Å². The van der Waals surface area contributed by atoms with E-state index in [1.54, 1.807) is 0 Å². The zero-order valence-electron chi connectivity index (χ0n) is 21.5. The maximum Gasteiger partial charge on any atom is 0.243 e. The van der Waals surface area contributed by atoms with Gasteiger partial charge in [-0.3, -0.25) is 9.59 Å². The number of rotatable bonds is 9. The minimum atomic E-state index is -3.66. The number of Topliss-reactive ketones (excluding diaryl/α,β-unsaturated/α-hetero) is 1. The fourth-order valence-electron chi connectivity index (χ4n) is 4.61. The van der Waals surface area contributed by atoms with Crippen LogP contribution in [0.5, 0.6) is 0 Å². The fourth-order valence-corrected chi connectivity index (χ4v) is 6.08. The molecule has 1 fully saturated rings. The van der Waals surface area contributed by atoms with Crippen LogP contribution in [0.2, 0.25) is 0 Å². The number of ketones is 1. The van der Waals surface area contributed by atoms with E-state index < -0.39 is 10.0 Å². The minimum absolute atomic E-state index is 0.0159. The van der Waals surface area contributed by atoms with Crippen LogP contribution in [0.4, 0.5) is 0 Å². The standard InChI is InChI=1S/C28H38N2O4S/c1-19(2)18-22-6-8-24(9-7-22)27(20(3)4)29-28(32)25-14-16-30(17-15-25)35(33,34)26-12-10-23(11-13-26)21(5)31/h6-13,19-20,25,27H,14-18H2,1-5H3,(H,29,32). The first-order chi connectivity index (χ1) is 16.5. The van der Waals surface area contributed by atoms with Crippen LogP contribution in [0.15, 0.2) is 53.4 Å². The number of carbonyl (C=O) groups excluding carboxylic acids is 2.